The molecular formula is C17H18N4O2S2. The molecule has 1 aromatic carbocycles. The van der Waals surface area contributed by atoms with E-state index in [1.165, 1.54) is 11.3 Å². The Kier molecular flexibility index (Phi) is 3.88. The molecule has 25 heavy (non-hydrogen) atoms. The van der Waals surface area contributed by atoms with Crippen molar-refractivity contribution in [3.05, 3.63) is 45.9 Å². The second kappa shape index (κ2) is 5.96. The quantitative estimate of drug-likeness (QED) is 0.759. The molecule has 6 nitrogen and oxygen atoms in total. The lowest BCUT2D eigenvalue weighted by Gasteiger charge is -2.09. The highest BCUT2D eigenvalue weighted by Gasteiger charge is 2.21. The van der Waals surface area contributed by atoms with Crippen LogP contribution in [-0.4, -0.2) is 23.2 Å². The number of hydrogen-bond acceptors (Lipinski definition) is 5. The number of fused-ring (bicyclic) bond motifs is 1. The minimum Gasteiger partial charge on any atom is -0.311 e. The number of thiophene rings is 1. The van der Waals surface area contributed by atoms with E-state index in [0.717, 1.165) is 46.4 Å². The molecule has 0 amide bonds. The van der Waals surface area contributed by atoms with Gasteiger partial charge in [-0.25, -0.2) is 8.42 Å². The first-order chi connectivity index (χ1) is 11.9. The fraction of sp³-hybridized carbons (Fsp3) is 0.294. The summed E-state index contributed by atoms with van der Waals surface area (Å²) in [4.78, 5) is 2.10. The number of nitrogens with zero attached hydrogens (tertiary/aromatic N) is 3. The first-order valence-electron chi connectivity index (χ1n) is 8.06. The molecular weight excluding hydrogens is 356 g/mol. The first kappa shape index (κ1) is 16.3. The smallest absolute Gasteiger partial charge is 0.262 e. The largest absolute Gasteiger partial charge is 0.311 e. The number of hydrogen-bond donors (Lipinski definition) is 1. The zero-order valence-electron chi connectivity index (χ0n) is 14.0. The van der Waals surface area contributed by atoms with Crippen LogP contribution in [-0.2, 0) is 23.0 Å². The summed E-state index contributed by atoms with van der Waals surface area (Å²) >= 11 is 1.48. The van der Waals surface area contributed by atoms with Crippen LogP contribution in [0.4, 0.5) is 5.69 Å². The molecule has 0 saturated carbocycles. The Morgan fingerprint density at radius 3 is 2.80 bits per heavy atom. The molecule has 0 atom stereocenters. The zero-order valence-corrected chi connectivity index (χ0v) is 15.6. The van der Waals surface area contributed by atoms with E-state index < -0.39 is 10.0 Å². The summed E-state index contributed by atoms with van der Waals surface area (Å²) in [5.74, 6) is 1.78. The number of rotatable bonds is 4. The lowest BCUT2D eigenvalue weighted by molar-refractivity contribution is 0.601. The Hall–Kier alpha value is -2.19. The van der Waals surface area contributed by atoms with E-state index in [9.17, 15) is 8.42 Å². The monoisotopic (exact) mass is 374 g/mol. The Bertz CT molecular complexity index is 1050. The van der Waals surface area contributed by atoms with Crippen LogP contribution >= 0.6 is 11.3 Å². The van der Waals surface area contributed by atoms with Crippen molar-refractivity contribution in [3.8, 4) is 11.4 Å². The zero-order chi connectivity index (χ0) is 17.6. The SMILES string of the molecule is Cc1cc(S(=O)(=O)Nc2cccc(-c3nnc4n3CCC4)c2)c(C)s1. The molecule has 1 aliphatic rings. The maximum Gasteiger partial charge on any atom is 0.262 e. The van der Waals surface area contributed by atoms with E-state index in [2.05, 4.69) is 19.5 Å². The van der Waals surface area contributed by atoms with E-state index >= 15 is 0 Å². The Morgan fingerprint density at radius 2 is 2.04 bits per heavy atom. The van der Waals surface area contributed by atoms with Crippen LogP contribution in [0.3, 0.4) is 0 Å². The number of aromatic nitrogens is 3. The molecule has 1 N–H and O–H groups in total. The lowest BCUT2D eigenvalue weighted by atomic mass is 10.2. The van der Waals surface area contributed by atoms with E-state index in [-0.39, 0.29) is 0 Å². The average Bonchev–Trinajstić information content (AvgIpc) is 3.22. The maximum atomic E-state index is 12.7. The van der Waals surface area contributed by atoms with Gasteiger partial charge in [-0.3, -0.25) is 4.72 Å². The lowest BCUT2D eigenvalue weighted by Crippen LogP contribution is -2.13. The van der Waals surface area contributed by atoms with Gasteiger partial charge in [-0.15, -0.1) is 21.5 Å². The summed E-state index contributed by atoms with van der Waals surface area (Å²) in [6, 6.07) is 9.01. The van der Waals surface area contributed by atoms with Crippen molar-refractivity contribution >= 4 is 27.0 Å². The van der Waals surface area contributed by atoms with E-state index in [1.807, 2.05) is 32.0 Å². The van der Waals surface area contributed by atoms with Crippen molar-refractivity contribution in [1.82, 2.24) is 14.8 Å². The summed E-state index contributed by atoms with van der Waals surface area (Å²) in [6.45, 7) is 4.63. The van der Waals surface area contributed by atoms with Gasteiger partial charge < -0.3 is 4.57 Å². The molecule has 130 valence electrons. The van der Waals surface area contributed by atoms with Gasteiger partial charge in [0.2, 0.25) is 0 Å². The van der Waals surface area contributed by atoms with Crippen LogP contribution in [0.2, 0.25) is 0 Å². The summed E-state index contributed by atoms with van der Waals surface area (Å²) in [5.41, 5.74) is 1.38. The van der Waals surface area contributed by atoms with Crippen LogP contribution in [0, 0.1) is 13.8 Å². The van der Waals surface area contributed by atoms with Crippen LogP contribution in [0.1, 0.15) is 22.0 Å². The molecule has 0 radical (unpaired) electrons. The van der Waals surface area contributed by atoms with Crippen molar-refractivity contribution in [2.45, 2.75) is 38.1 Å². The number of benzene rings is 1. The Balaban J connectivity index is 1.67. The predicted octanol–water partition coefficient (Wildman–Crippen LogP) is 3.37. The van der Waals surface area contributed by atoms with Gasteiger partial charge in [0.25, 0.3) is 10.0 Å². The topological polar surface area (TPSA) is 76.9 Å². The normalized spacial score (nSPS) is 13.8. The highest BCUT2D eigenvalue weighted by molar-refractivity contribution is 7.93. The van der Waals surface area contributed by atoms with Gasteiger partial charge in [0.1, 0.15) is 10.7 Å². The molecule has 8 heteroatoms. The van der Waals surface area contributed by atoms with Crippen LogP contribution in [0.5, 0.6) is 0 Å². The van der Waals surface area contributed by atoms with Crippen LogP contribution < -0.4 is 4.72 Å². The first-order valence-corrected chi connectivity index (χ1v) is 10.4. The van der Waals surface area contributed by atoms with Gasteiger partial charge in [0.15, 0.2) is 5.82 Å². The molecule has 2 aromatic heterocycles. The Labute approximate surface area is 150 Å². The number of aryl methyl sites for hydroxylation is 3. The molecule has 3 heterocycles. The Morgan fingerprint density at radius 1 is 1.20 bits per heavy atom. The molecule has 0 bridgehead atoms. The molecule has 0 saturated heterocycles. The van der Waals surface area contributed by atoms with E-state index in [4.69, 9.17) is 0 Å². The number of sulfonamides is 1. The molecule has 1 aliphatic heterocycles. The molecule has 0 aliphatic carbocycles. The van der Waals surface area contributed by atoms with Crippen molar-refractivity contribution < 1.29 is 8.42 Å². The number of anilines is 1. The second-order valence-corrected chi connectivity index (χ2v) is 9.27. The summed E-state index contributed by atoms with van der Waals surface area (Å²) in [5, 5.41) is 8.47. The van der Waals surface area contributed by atoms with Gasteiger partial charge in [-0.1, -0.05) is 12.1 Å². The van der Waals surface area contributed by atoms with Gasteiger partial charge in [0.05, 0.1) is 0 Å². The van der Waals surface area contributed by atoms with E-state index in [0.29, 0.717) is 10.6 Å². The second-order valence-electron chi connectivity index (χ2n) is 6.16. The van der Waals surface area contributed by atoms with Crippen LogP contribution in [0.15, 0.2) is 35.2 Å². The van der Waals surface area contributed by atoms with Gasteiger partial charge in [0, 0.05) is 34.0 Å². The molecule has 0 spiro atoms. The molecule has 0 unspecified atom stereocenters. The summed E-state index contributed by atoms with van der Waals surface area (Å²) in [7, 11) is -3.60. The maximum absolute atomic E-state index is 12.7. The standard InChI is InChI=1S/C17H18N4O2S2/c1-11-9-15(12(2)24-11)25(22,23)20-14-6-3-5-13(10-14)17-19-18-16-7-4-8-21(16)17/h3,5-6,9-10,20H,4,7-8H2,1-2H3. The minimum atomic E-state index is -3.60. The van der Waals surface area contributed by atoms with Crippen LogP contribution in [0.25, 0.3) is 11.4 Å². The van der Waals surface area contributed by atoms with Gasteiger partial charge in [-0.05, 0) is 38.5 Å². The molecule has 4 rings (SSSR count). The third kappa shape index (κ3) is 2.96. The van der Waals surface area contributed by atoms with Crippen molar-refractivity contribution in [2.24, 2.45) is 0 Å². The third-order valence-corrected chi connectivity index (χ3v) is 6.87. The highest BCUT2D eigenvalue weighted by Crippen LogP contribution is 2.29. The van der Waals surface area contributed by atoms with E-state index in [1.54, 1.807) is 12.1 Å². The van der Waals surface area contributed by atoms with Crippen molar-refractivity contribution in [2.75, 3.05) is 4.72 Å². The fourth-order valence-electron chi connectivity index (χ4n) is 3.17. The van der Waals surface area contributed by atoms with Gasteiger partial charge >= 0.3 is 0 Å². The highest BCUT2D eigenvalue weighted by atomic mass is 32.2. The minimum absolute atomic E-state index is 0.337. The van der Waals surface area contributed by atoms with Crippen molar-refractivity contribution in [3.63, 3.8) is 0 Å². The third-order valence-electron chi connectivity index (χ3n) is 4.27. The summed E-state index contributed by atoms with van der Waals surface area (Å²) in [6.07, 6.45) is 2.01. The summed E-state index contributed by atoms with van der Waals surface area (Å²) < 4.78 is 30.1. The molecule has 0 fully saturated rings. The predicted molar refractivity (Wildman–Crippen MR) is 98.4 cm³/mol. The number of nitrogens with one attached hydrogen (secondary N) is 1. The van der Waals surface area contributed by atoms with Crippen molar-refractivity contribution in [1.29, 1.82) is 0 Å². The fourth-order valence-corrected chi connectivity index (χ4v) is 5.78. The van der Waals surface area contributed by atoms with Gasteiger partial charge in [-0.2, -0.15) is 0 Å². The molecule has 3 aromatic rings. The average molecular weight is 374 g/mol.